The number of likely N-dealkylation sites (tertiary alicyclic amines) is 1. The summed E-state index contributed by atoms with van der Waals surface area (Å²) in [5.74, 6) is 2.05. The van der Waals surface area contributed by atoms with Crippen LogP contribution in [-0.4, -0.2) is 43.9 Å². The van der Waals surface area contributed by atoms with Crippen LogP contribution in [0.25, 0.3) is 0 Å². The van der Waals surface area contributed by atoms with Crippen molar-refractivity contribution in [2.75, 3.05) is 32.9 Å². The number of nitrogens with zero attached hydrogens (tertiary/aromatic N) is 1. The molecule has 0 aliphatic carbocycles. The maximum absolute atomic E-state index is 6.05. The lowest BCUT2D eigenvalue weighted by Gasteiger charge is -2.50. The SMILES string of the molecule is CCOC[C@@]12CCCO[C@@H]1CCN(Cc1ccc(C)o1)C2. The van der Waals surface area contributed by atoms with Crippen LogP contribution in [0.2, 0.25) is 0 Å². The molecule has 2 aliphatic heterocycles. The van der Waals surface area contributed by atoms with Gasteiger partial charge >= 0.3 is 0 Å². The van der Waals surface area contributed by atoms with Crippen LogP contribution in [-0.2, 0) is 16.0 Å². The molecule has 2 saturated heterocycles. The topological polar surface area (TPSA) is 34.8 Å². The van der Waals surface area contributed by atoms with Gasteiger partial charge in [-0.3, -0.25) is 4.90 Å². The van der Waals surface area contributed by atoms with Gasteiger partial charge in [0.25, 0.3) is 0 Å². The summed E-state index contributed by atoms with van der Waals surface area (Å²) in [5.41, 5.74) is 0.175. The average Bonchev–Trinajstić information content (AvgIpc) is 2.90. The minimum absolute atomic E-state index is 0.175. The lowest BCUT2D eigenvalue weighted by molar-refractivity contribution is -0.153. The van der Waals surface area contributed by atoms with Crippen molar-refractivity contribution in [2.24, 2.45) is 5.41 Å². The largest absolute Gasteiger partial charge is 0.465 e. The Balaban J connectivity index is 1.68. The zero-order valence-corrected chi connectivity index (χ0v) is 13.3. The molecule has 1 aromatic heterocycles. The first-order chi connectivity index (χ1) is 10.2. The van der Waals surface area contributed by atoms with Gasteiger partial charge in [0.2, 0.25) is 0 Å². The Hall–Kier alpha value is -0.840. The minimum Gasteiger partial charge on any atom is -0.465 e. The Kier molecular flexibility index (Phi) is 4.67. The summed E-state index contributed by atoms with van der Waals surface area (Å²) >= 11 is 0. The van der Waals surface area contributed by atoms with E-state index in [1.807, 2.05) is 13.0 Å². The van der Waals surface area contributed by atoms with Crippen molar-refractivity contribution in [1.29, 1.82) is 0 Å². The Morgan fingerprint density at radius 3 is 3.10 bits per heavy atom. The molecule has 2 aliphatic rings. The van der Waals surface area contributed by atoms with Gasteiger partial charge in [0.15, 0.2) is 0 Å². The van der Waals surface area contributed by atoms with Crippen LogP contribution in [0.4, 0.5) is 0 Å². The Morgan fingerprint density at radius 1 is 1.43 bits per heavy atom. The van der Waals surface area contributed by atoms with E-state index in [0.29, 0.717) is 6.10 Å². The van der Waals surface area contributed by atoms with Crippen molar-refractivity contribution >= 4 is 0 Å². The first-order valence-electron chi connectivity index (χ1n) is 8.19. The Morgan fingerprint density at radius 2 is 2.33 bits per heavy atom. The molecule has 2 atom stereocenters. The van der Waals surface area contributed by atoms with Crippen molar-refractivity contribution < 1.29 is 13.9 Å². The summed E-state index contributed by atoms with van der Waals surface area (Å²) < 4.78 is 17.6. The fourth-order valence-corrected chi connectivity index (χ4v) is 3.82. The smallest absolute Gasteiger partial charge is 0.118 e. The minimum atomic E-state index is 0.175. The molecule has 118 valence electrons. The Labute approximate surface area is 127 Å². The van der Waals surface area contributed by atoms with E-state index in [4.69, 9.17) is 13.9 Å². The van der Waals surface area contributed by atoms with Gasteiger partial charge in [-0.2, -0.15) is 0 Å². The standard InChI is InChI=1S/C17H27NO3/c1-3-19-13-17-8-4-10-20-16(17)7-9-18(12-17)11-15-6-5-14(2)21-15/h5-6,16H,3-4,7-13H2,1-2H3/t16-,17+/m1/s1. The maximum Gasteiger partial charge on any atom is 0.118 e. The lowest BCUT2D eigenvalue weighted by Crippen LogP contribution is -2.56. The number of fused-ring (bicyclic) bond motifs is 1. The molecular weight excluding hydrogens is 266 g/mol. The molecule has 0 amide bonds. The van der Waals surface area contributed by atoms with Gasteiger partial charge in [-0.1, -0.05) is 0 Å². The molecule has 0 bridgehead atoms. The summed E-state index contributed by atoms with van der Waals surface area (Å²) in [6, 6.07) is 4.13. The summed E-state index contributed by atoms with van der Waals surface area (Å²) in [5, 5.41) is 0. The second kappa shape index (κ2) is 6.51. The highest BCUT2D eigenvalue weighted by Crippen LogP contribution is 2.40. The first kappa shape index (κ1) is 15.1. The fourth-order valence-electron chi connectivity index (χ4n) is 3.82. The van der Waals surface area contributed by atoms with E-state index in [1.165, 1.54) is 6.42 Å². The lowest BCUT2D eigenvalue weighted by atomic mass is 9.73. The molecule has 3 heterocycles. The second-order valence-electron chi connectivity index (χ2n) is 6.47. The highest BCUT2D eigenvalue weighted by Gasteiger charge is 2.46. The molecule has 1 aromatic rings. The fraction of sp³-hybridized carbons (Fsp3) is 0.765. The molecule has 0 spiro atoms. The van der Waals surface area contributed by atoms with E-state index in [-0.39, 0.29) is 5.41 Å². The zero-order chi connectivity index (χ0) is 14.7. The predicted octanol–water partition coefficient (Wildman–Crippen LogP) is 3.00. The predicted molar refractivity (Wildman–Crippen MR) is 81.2 cm³/mol. The van der Waals surface area contributed by atoms with Gasteiger partial charge in [-0.25, -0.2) is 0 Å². The summed E-state index contributed by atoms with van der Waals surface area (Å²) in [6.07, 6.45) is 3.84. The van der Waals surface area contributed by atoms with Crippen molar-refractivity contribution in [1.82, 2.24) is 4.90 Å². The molecule has 4 heteroatoms. The van der Waals surface area contributed by atoms with E-state index in [9.17, 15) is 0 Å². The van der Waals surface area contributed by atoms with E-state index in [1.54, 1.807) is 0 Å². The number of piperidine rings is 1. The van der Waals surface area contributed by atoms with E-state index < -0.39 is 0 Å². The maximum atomic E-state index is 6.05. The molecule has 0 saturated carbocycles. The third-order valence-electron chi connectivity index (χ3n) is 4.84. The third-order valence-corrected chi connectivity index (χ3v) is 4.84. The molecule has 2 fully saturated rings. The molecule has 0 aromatic carbocycles. The number of rotatable bonds is 5. The summed E-state index contributed by atoms with van der Waals surface area (Å²) in [6.45, 7) is 9.62. The molecule has 0 N–H and O–H groups in total. The molecule has 0 radical (unpaired) electrons. The van der Waals surface area contributed by atoms with Crippen LogP contribution in [0.5, 0.6) is 0 Å². The molecule has 4 nitrogen and oxygen atoms in total. The summed E-state index contributed by atoms with van der Waals surface area (Å²) in [4.78, 5) is 2.50. The number of aryl methyl sites for hydroxylation is 1. The normalized spacial score (nSPS) is 30.3. The number of hydrogen-bond acceptors (Lipinski definition) is 4. The third kappa shape index (κ3) is 3.33. The van der Waals surface area contributed by atoms with E-state index in [0.717, 1.165) is 63.8 Å². The van der Waals surface area contributed by atoms with Crippen molar-refractivity contribution in [2.45, 2.75) is 45.8 Å². The van der Waals surface area contributed by atoms with Crippen LogP contribution in [0, 0.1) is 12.3 Å². The average molecular weight is 293 g/mol. The molecule has 21 heavy (non-hydrogen) atoms. The highest BCUT2D eigenvalue weighted by molar-refractivity contribution is 5.06. The zero-order valence-electron chi connectivity index (χ0n) is 13.3. The number of ether oxygens (including phenoxy) is 2. The van der Waals surface area contributed by atoms with Crippen LogP contribution in [0.15, 0.2) is 16.5 Å². The number of hydrogen-bond donors (Lipinski definition) is 0. The first-order valence-corrected chi connectivity index (χ1v) is 8.19. The molecule has 0 unspecified atom stereocenters. The van der Waals surface area contributed by atoms with Crippen LogP contribution in [0.1, 0.15) is 37.7 Å². The highest BCUT2D eigenvalue weighted by atomic mass is 16.5. The monoisotopic (exact) mass is 293 g/mol. The van der Waals surface area contributed by atoms with Gasteiger partial charge in [0, 0.05) is 31.7 Å². The van der Waals surface area contributed by atoms with Crippen molar-refractivity contribution in [3.05, 3.63) is 23.7 Å². The van der Waals surface area contributed by atoms with Crippen LogP contribution in [0.3, 0.4) is 0 Å². The van der Waals surface area contributed by atoms with Crippen molar-refractivity contribution in [3.63, 3.8) is 0 Å². The molecular formula is C17H27NO3. The second-order valence-corrected chi connectivity index (χ2v) is 6.47. The number of furan rings is 1. The van der Waals surface area contributed by atoms with Crippen molar-refractivity contribution in [3.8, 4) is 0 Å². The quantitative estimate of drug-likeness (QED) is 0.836. The molecule has 3 rings (SSSR count). The van der Waals surface area contributed by atoms with Gasteiger partial charge < -0.3 is 13.9 Å². The van der Waals surface area contributed by atoms with Gasteiger partial charge in [0.1, 0.15) is 11.5 Å². The van der Waals surface area contributed by atoms with Gasteiger partial charge in [0.05, 0.1) is 19.3 Å². The van der Waals surface area contributed by atoms with Crippen LogP contribution >= 0.6 is 0 Å². The van der Waals surface area contributed by atoms with E-state index >= 15 is 0 Å². The van der Waals surface area contributed by atoms with Gasteiger partial charge in [-0.05, 0) is 45.2 Å². The Bertz CT molecular complexity index is 459. The van der Waals surface area contributed by atoms with Gasteiger partial charge in [-0.15, -0.1) is 0 Å². The summed E-state index contributed by atoms with van der Waals surface area (Å²) in [7, 11) is 0. The van der Waals surface area contributed by atoms with E-state index in [2.05, 4.69) is 17.9 Å². The van der Waals surface area contributed by atoms with Crippen LogP contribution < -0.4 is 0 Å².